The molecule has 0 aliphatic carbocycles. The van der Waals surface area contributed by atoms with E-state index in [4.69, 9.17) is 0 Å². The lowest BCUT2D eigenvalue weighted by molar-refractivity contribution is 1.50. The Labute approximate surface area is 101 Å². The fourth-order valence-corrected chi connectivity index (χ4v) is 2.93. The number of benzene rings is 2. The van der Waals surface area contributed by atoms with Gasteiger partial charge in [-0.2, -0.15) is 0 Å². The van der Waals surface area contributed by atoms with E-state index in [2.05, 4.69) is 49.4 Å². The number of hydrogen-bond acceptors (Lipinski definition) is 1. The molecule has 0 aliphatic rings. The largest absolute Gasteiger partial charge is 0.135 e. The SMILES string of the molecule is CC.Cc1ccc2sc3ccccc3c2c1. The lowest BCUT2D eigenvalue weighted by atomic mass is 10.1. The van der Waals surface area contributed by atoms with Crippen LogP contribution in [0, 0.1) is 6.92 Å². The van der Waals surface area contributed by atoms with Crippen LogP contribution in [0.5, 0.6) is 0 Å². The number of thiophene rings is 1. The first-order valence-electron chi connectivity index (χ1n) is 5.72. The number of aryl methyl sites for hydroxylation is 1. The van der Waals surface area contributed by atoms with Crippen LogP contribution >= 0.6 is 11.3 Å². The van der Waals surface area contributed by atoms with Crippen molar-refractivity contribution in [3.63, 3.8) is 0 Å². The summed E-state index contributed by atoms with van der Waals surface area (Å²) in [6.07, 6.45) is 0. The van der Waals surface area contributed by atoms with Crippen molar-refractivity contribution in [2.24, 2.45) is 0 Å². The molecule has 0 unspecified atom stereocenters. The van der Waals surface area contributed by atoms with Crippen LogP contribution in [0.3, 0.4) is 0 Å². The summed E-state index contributed by atoms with van der Waals surface area (Å²) in [5, 5.41) is 2.78. The summed E-state index contributed by atoms with van der Waals surface area (Å²) >= 11 is 1.87. The molecule has 1 aromatic heterocycles. The fraction of sp³-hybridized carbons (Fsp3) is 0.200. The summed E-state index contributed by atoms with van der Waals surface area (Å²) in [7, 11) is 0. The van der Waals surface area contributed by atoms with Crippen LogP contribution in [0.15, 0.2) is 42.5 Å². The molecule has 3 rings (SSSR count). The molecule has 0 aliphatic heterocycles. The van der Waals surface area contributed by atoms with Crippen molar-refractivity contribution < 1.29 is 0 Å². The van der Waals surface area contributed by atoms with Gasteiger partial charge in [-0.1, -0.05) is 43.7 Å². The molecule has 0 radical (unpaired) electrons. The molecule has 0 nitrogen and oxygen atoms in total. The minimum absolute atomic E-state index is 1.33. The first kappa shape index (κ1) is 11.2. The topological polar surface area (TPSA) is 0 Å². The van der Waals surface area contributed by atoms with Gasteiger partial charge in [0.15, 0.2) is 0 Å². The Morgan fingerprint density at radius 3 is 2.31 bits per heavy atom. The second-order valence-electron chi connectivity index (χ2n) is 3.60. The summed E-state index contributed by atoms with van der Waals surface area (Å²) in [6.45, 7) is 6.14. The molecular weight excluding hydrogens is 212 g/mol. The van der Waals surface area contributed by atoms with Gasteiger partial charge in [0.05, 0.1) is 0 Å². The predicted octanol–water partition coefficient (Wildman–Crippen LogP) is 5.39. The second kappa shape index (κ2) is 4.67. The Balaban J connectivity index is 0.000000457. The van der Waals surface area contributed by atoms with E-state index in [-0.39, 0.29) is 0 Å². The van der Waals surface area contributed by atoms with E-state index < -0.39 is 0 Å². The van der Waals surface area contributed by atoms with Gasteiger partial charge in [0, 0.05) is 20.2 Å². The Hall–Kier alpha value is -1.34. The maximum absolute atomic E-state index is 2.27. The molecule has 16 heavy (non-hydrogen) atoms. The molecule has 2 aromatic carbocycles. The fourth-order valence-electron chi connectivity index (χ4n) is 1.84. The van der Waals surface area contributed by atoms with E-state index in [1.165, 1.54) is 25.7 Å². The van der Waals surface area contributed by atoms with Crippen molar-refractivity contribution in [1.29, 1.82) is 0 Å². The van der Waals surface area contributed by atoms with Gasteiger partial charge in [-0.25, -0.2) is 0 Å². The summed E-state index contributed by atoms with van der Waals surface area (Å²) in [6, 6.07) is 15.3. The first-order chi connectivity index (χ1) is 7.84. The Kier molecular flexibility index (Phi) is 3.25. The summed E-state index contributed by atoms with van der Waals surface area (Å²) in [4.78, 5) is 0. The maximum Gasteiger partial charge on any atom is 0.0355 e. The highest BCUT2D eigenvalue weighted by molar-refractivity contribution is 7.25. The molecule has 3 aromatic rings. The molecule has 0 N–H and O–H groups in total. The maximum atomic E-state index is 2.27. The molecule has 0 fully saturated rings. The van der Waals surface area contributed by atoms with Crippen molar-refractivity contribution in [3.8, 4) is 0 Å². The van der Waals surface area contributed by atoms with Gasteiger partial charge in [-0.15, -0.1) is 11.3 Å². The summed E-state index contributed by atoms with van der Waals surface area (Å²) in [5.41, 5.74) is 1.33. The molecule has 1 heteroatoms. The van der Waals surface area contributed by atoms with Crippen molar-refractivity contribution in [2.75, 3.05) is 0 Å². The average Bonchev–Trinajstić information content (AvgIpc) is 2.70. The third kappa shape index (κ3) is 1.83. The molecule has 1 heterocycles. The van der Waals surface area contributed by atoms with E-state index in [0.717, 1.165) is 0 Å². The van der Waals surface area contributed by atoms with E-state index in [9.17, 15) is 0 Å². The van der Waals surface area contributed by atoms with Crippen LogP contribution in [0.2, 0.25) is 0 Å². The van der Waals surface area contributed by atoms with Crippen molar-refractivity contribution in [1.82, 2.24) is 0 Å². The summed E-state index contributed by atoms with van der Waals surface area (Å²) in [5.74, 6) is 0. The standard InChI is InChI=1S/C13H10S.C2H6/c1-9-6-7-13-11(8-9)10-4-2-3-5-12(10)14-13;1-2/h2-8H,1H3;1-2H3. The highest BCUT2D eigenvalue weighted by Crippen LogP contribution is 2.33. The van der Waals surface area contributed by atoms with Crippen molar-refractivity contribution in [2.45, 2.75) is 20.8 Å². The van der Waals surface area contributed by atoms with E-state index >= 15 is 0 Å². The number of hydrogen-bond donors (Lipinski definition) is 0. The first-order valence-corrected chi connectivity index (χ1v) is 6.54. The Bertz CT molecular complexity index is 605. The van der Waals surface area contributed by atoms with Gasteiger partial charge in [0.1, 0.15) is 0 Å². The molecule has 0 amide bonds. The van der Waals surface area contributed by atoms with Crippen LogP contribution in [0.25, 0.3) is 20.2 Å². The van der Waals surface area contributed by atoms with Crippen LogP contribution in [-0.2, 0) is 0 Å². The van der Waals surface area contributed by atoms with Gasteiger partial charge < -0.3 is 0 Å². The summed E-state index contributed by atoms with van der Waals surface area (Å²) < 4.78 is 2.77. The zero-order chi connectivity index (χ0) is 11.5. The van der Waals surface area contributed by atoms with Crippen molar-refractivity contribution >= 4 is 31.5 Å². The molecule has 0 spiro atoms. The second-order valence-corrected chi connectivity index (χ2v) is 4.68. The molecule has 0 atom stereocenters. The van der Waals surface area contributed by atoms with E-state index in [1.54, 1.807) is 0 Å². The average molecular weight is 228 g/mol. The van der Waals surface area contributed by atoms with Gasteiger partial charge in [-0.3, -0.25) is 0 Å². The zero-order valence-corrected chi connectivity index (χ0v) is 10.8. The van der Waals surface area contributed by atoms with Gasteiger partial charge in [0.25, 0.3) is 0 Å². The lowest BCUT2D eigenvalue weighted by Crippen LogP contribution is -1.69. The third-order valence-electron chi connectivity index (χ3n) is 2.53. The van der Waals surface area contributed by atoms with E-state index in [0.29, 0.717) is 0 Å². The predicted molar refractivity (Wildman–Crippen MR) is 75.4 cm³/mol. The molecular formula is C15H16S. The highest BCUT2D eigenvalue weighted by Gasteiger charge is 2.02. The number of rotatable bonds is 0. The lowest BCUT2D eigenvalue weighted by Gasteiger charge is -1.92. The van der Waals surface area contributed by atoms with Gasteiger partial charge in [0.2, 0.25) is 0 Å². The third-order valence-corrected chi connectivity index (χ3v) is 3.68. The van der Waals surface area contributed by atoms with Crippen LogP contribution < -0.4 is 0 Å². The minimum atomic E-state index is 1.33. The monoisotopic (exact) mass is 228 g/mol. The molecule has 82 valence electrons. The highest BCUT2D eigenvalue weighted by atomic mass is 32.1. The van der Waals surface area contributed by atoms with Crippen LogP contribution in [-0.4, -0.2) is 0 Å². The smallest absolute Gasteiger partial charge is 0.0355 e. The molecule has 0 saturated heterocycles. The van der Waals surface area contributed by atoms with Crippen LogP contribution in [0.1, 0.15) is 19.4 Å². The normalized spacial score (nSPS) is 10.2. The quantitative estimate of drug-likeness (QED) is 0.484. The molecule has 0 saturated carbocycles. The van der Waals surface area contributed by atoms with Crippen LogP contribution in [0.4, 0.5) is 0 Å². The van der Waals surface area contributed by atoms with Crippen molar-refractivity contribution in [3.05, 3.63) is 48.0 Å². The Morgan fingerprint density at radius 1 is 0.812 bits per heavy atom. The Morgan fingerprint density at radius 2 is 1.50 bits per heavy atom. The molecule has 0 bridgehead atoms. The van der Waals surface area contributed by atoms with E-state index in [1.807, 2.05) is 25.2 Å². The number of fused-ring (bicyclic) bond motifs is 3. The van der Waals surface area contributed by atoms with Gasteiger partial charge in [-0.05, 0) is 25.1 Å². The van der Waals surface area contributed by atoms with Gasteiger partial charge >= 0.3 is 0 Å². The minimum Gasteiger partial charge on any atom is -0.135 e. The zero-order valence-electron chi connectivity index (χ0n) is 9.95.